The van der Waals surface area contributed by atoms with Gasteiger partial charge in [-0.3, -0.25) is 4.79 Å². The molecule has 1 fully saturated rings. The third-order valence-corrected chi connectivity index (χ3v) is 3.03. The van der Waals surface area contributed by atoms with Crippen LogP contribution in [0.1, 0.15) is 29.6 Å². The summed E-state index contributed by atoms with van der Waals surface area (Å²) in [7, 11) is 0. The molecule has 1 atom stereocenters. The number of nitrogens with one attached hydrogen (secondary N) is 2. The molecular formula is C13H17FN2O. The Morgan fingerprint density at radius 3 is 3.12 bits per heavy atom. The van der Waals surface area contributed by atoms with Gasteiger partial charge in [0.05, 0.1) is 0 Å². The van der Waals surface area contributed by atoms with Gasteiger partial charge in [0.15, 0.2) is 0 Å². The predicted octanol–water partition coefficient (Wildman–Crippen LogP) is 1.70. The van der Waals surface area contributed by atoms with Crippen molar-refractivity contribution in [1.82, 2.24) is 10.6 Å². The van der Waals surface area contributed by atoms with Gasteiger partial charge in [-0.1, -0.05) is 6.07 Å². The Hall–Kier alpha value is -1.42. The highest BCUT2D eigenvalue weighted by atomic mass is 19.1. The molecule has 2 rings (SSSR count). The fourth-order valence-electron chi connectivity index (χ4n) is 2.09. The Morgan fingerprint density at radius 1 is 1.53 bits per heavy atom. The molecule has 1 aliphatic rings. The van der Waals surface area contributed by atoms with Crippen molar-refractivity contribution in [1.29, 1.82) is 0 Å². The van der Waals surface area contributed by atoms with Gasteiger partial charge in [0.1, 0.15) is 5.82 Å². The molecule has 0 aliphatic carbocycles. The van der Waals surface area contributed by atoms with Crippen LogP contribution in [-0.4, -0.2) is 25.0 Å². The largest absolute Gasteiger partial charge is 0.352 e. The first-order valence-corrected chi connectivity index (χ1v) is 6.03. The standard InChI is InChI=1S/C13H17FN2O/c14-11-4-1-3-10(9-11)13(17)16-8-6-12-5-2-7-15-12/h1,3-4,9,12,15H,2,5-8H2,(H,16,17). The van der Waals surface area contributed by atoms with Crippen molar-refractivity contribution in [3.63, 3.8) is 0 Å². The molecule has 1 heterocycles. The van der Waals surface area contributed by atoms with Gasteiger partial charge < -0.3 is 10.6 Å². The van der Waals surface area contributed by atoms with E-state index in [1.54, 1.807) is 12.1 Å². The van der Waals surface area contributed by atoms with Gasteiger partial charge in [0.25, 0.3) is 5.91 Å². The molecule has 4 heteroatoms. The number of carbonyl (C=O) groups is 1. The summed E-state index contributed by atoms with van der Waals surface area (Å²) in [6.07, 6.45) is 3.32. The van der Waals surface area contributed by atoms with Gasteiger partial charge in [-0.2, -0.15) is 0 Å². The van der Waals surface area contributed by atoms with Crippen molar-refractivity contribution < 1.29 is 9.18 Å². The molecule has 1 aliphatic heterocycles. The molecule has 2 N–H and O–H groups in total. The van der Waals surface area contributed by atoms with E-state index in [4.69, 9.17) is 0 Å². The third-order valence-electron chi connectivity index (χ3n) is 3.03. The first-order valence-electron chi connectivity index (χ1n) is 6.03. The van der Waals surface area contributed by atoms with Crippen molar-refractivity contribution >= 4 is 5.91 Å². The van der Waals surface area contributed by atoms with E-state index >= 15 is 0 Å². The molecule has 0 spiro atoms. The van der Waals surface area contributed by atoms with Crippen molar-refractivity contribution in [2.45, 2.75) is 25.3 Å². The second-order valence-electron chi connectivity index (χ2n) is 4.35. The first-order chi connectivity index (χ1) is 8.25. The Labute approximate surface area is 100 Å². The second kappa shape index (κ2) is 5.77. The quantitative estimate of drug-likeness (QED) is 0.835. The van der Waals surface area contributed by atoms with Crippen LogP contribution < -0.4 is 10.6 Å². The van der Waals surface area contributed by atoms with Crippen LogP contribution in [0.4, 0.5) is 4.39 Å². The maximum atomic E-state index is 12.9. The number of amides is 1. The average Bonchev–Trinajstić information content (AvgIpc) is 2.82. The van der Waals surface area contributed by atoms with Crippen LogP contribution >= 0.6 is 0 Å². The minimum Gasteiger partial charge on any atom is -0.352 e. The van der Waals surface area contributed by atoms with E-state index in [-0.39, 0.29) is 11.7 Å². The van der Waals surface area contributed by atoms with E-state index in [1.807, 2.05) is 0 Å². The molecule has 0 radical (unpaired) electrons. The lowest BCUT2D eigenvalue weighted by Gasteiger charge is -2.10. The fraction of sp³-hybridized carbons (Fsp3) is 0.462. The van der Waals surface area contributed by atoms with Gasteiger partial charge in [0, 0.05) is 18.2 Å². The van der Waals surface area contributed by atoms with Crippen LogP contribution in [0, 0.1) is 5.82 Å². The van der Waals surface area contributed by atoms with Crippen LogP contribution in [0.5, 0.6) is 0 Å². The first kappa shape index (κ1) is 12.0. The minimum absolute atomic E-state index is 0.206. The highest BCUT2D eigenvalue weighted by molar-refractivity contribution is 5.94. The lowest BCUT2D eigenvalue weighted by molar-refractivity contribution is 0.0952. The highest BCUT2D eigenvalue weighted by Crippen LogP contribution is 2.08. The molecule has 17 heavy (non-hydrogen) atoms. The summed E-state index contributed by atoms with van der Waals surface area (Å²) in [5.41, 5.74) is 0.379. The summed E-state index contributed by atoms with van der Waals surface area (Å²) in [6, 6.07) is 6.26. The zero-order valence-electron chi connectivity index (χ0n) is 9.71. The van der Waals surface area contributed by atoms with Gasteiger partial charge in [0.2, 0.25) is 0 Å². The number of hydrogen-bond acceptors (Lipinski definition) is 2. The smallest absolute Gasteiger partial charge is 0.251 e. The van der Waals surface area contributed by atoms with E-state index in [1.165, 1.54) is 25.0 Å². The summed E-state index contributed by atoms with van der Waals surface area (Å²) < 4.78 is 12.9. The molecule has 1 amide bonds. The number of benzene rings is 1. The average molecular weight is 236 g/mol. The number of carbonyl (C=O) groups excluding carboxylic acids is 1. The van der Waals surface area contributed by atoms with Crippen LogP contribution in [0.2, 0.25) is 0 Å². The maximum absolute atomic E-state index is 12.9. The lowest BCUT2D eigenvalue weighted by atomic mass is 10.1. The monoisotopic (exact) mass is 236 g/mol. The lowest BCUT2D eigenvalue weighted by Crippen LogP contribution is -2.30. The summed E-state index contributed by atoms with van der Waals surface area (Å²) in [5, 5.41) is 6.18. The Bertz CT molecular complexity index is 389. The topological polar surface area (TPSA) is 41.1 Å². The molecule has 0 saturated carbocycles. The molecule has 0 bridgehead atoms. The minimum atomic E-state index is -0.380. The molecular weight excluding hydrogens is 219 g/mol. The van der Waals surface area contributed by atoms with Crippen molar-refractivity contribution in [3.8, 4) is 0 Å². The number of halogens is 1. The zero-order chi connectivity index (χ0) is 12.1. The highest BCUT2D eigenvalue weighted by Gasteiger charge is 2.14. The maximum Gasteiger partial charge on any atom is 0.251 e. The normalized spacial score (nSPS) is 19.2. The fourth-order valence-corrected chi connectivity index (χ4v) is 2.09. The second-order valence-corrected chi connectivity index (χ2v) is 4.35. The van der Waals surface area contributed by atoms with Gasteiger partial charge >= 0.3 is 0 Å². The molecule has 1 unspecified atom stereocenters. The van der Waals surface area contributed by atoms with E-state index in [0.29, 0.717) is 18.2 Å². The molecule has 1 aromatic carbocycles. The Kier molecular flexibility index (Phi) is 4.09. The number of rotatable bonds is 4. The van der Waals surface area contributed by atoms with Crippen LogP contribution in [0.15, 0.2) is 24.3 Å². The molecule has 1 saturated heterocycles. The van der Waals surface area contributed by atoms with Crippen LogP contribution in [0.25, 0.3) is 0 Å². The van der Waals surface area contributed by atoms with E-state index in [2.05, 4.69) is 10.6 Å². The third kappa shape index (κ3) is 3.53. The Morgan fingerprint density at radius 2 is 2.41 bits per heavy atom. The van der Waals surface area contributed by atoms with E-state index in [9.17, 15) is 9.18 Å². The van der Waals surface area contributed by atoms with Crippen molar-refractivity contribution in [2.24, 2.45) is 0 Å². The Balaban J connectivity index is 1.77. The summed E-state index contributed by atoms with van der Waals surface area (Å²) in [5.74, 6) is -0.586. The van der Waals surface area contributed by atoms with Crippen LogP contribution in [-0.2, 0) is 0 Å². The van der Waals surface area contributed by atoms with Gasteiger partial charge in [-0.15, -0.1) is 0 Å². The number of hydrogen-bond donors (Lipinski definition) is 2. The van der Waals surface area contributed by atoms with Crippen LogP contribution in [0.3, 0.4) is 0 Å². The van der Waals surface area contributed by atoms with Gasteiger partial charge in [-0.25, -0.2) is 4.39 Å². The summed E-state index contributed by atoms with van der Waals surface area (Å²) in [4.78, 5) is 11.7. The zero-order valence-corrected chi connectivity index (χ0v) is 9.71. The molecule has 92 valence electrons. The summed E-state index contributed by atoms with van der Waals surface area (Å²) in [6.45, 7) is 1.70. The predicted molar refractivity (Wildman–Crippen MR) is 64.4 cm³/mol. The van der Waals surface area contributed by atoms with Crippen molar-refractivity contribution in [2.75, 3.05) is 13.1 Å². The summed E-state index contributed by atoms with van der Waals surface area (Å²) >= 11 is 0. The van der Waals surface area contributed by atoms with E-state index in [0.717, 1.165) is 13.0 Å². The molecule has 1 aromatic rings. The SMILES string of the molecule is O=C(NCCC1CCCN1)c1cccc(F)c1. The molecule has 0 aromatic heterocycles. The molecule has 3 nitrogen and oxygen atoms in total. The van der Waals surface area contributed by atoms with Gasteiger partial charge in [-0.05, 0) is 44.0 Å². The van der Waals surface area contributed by atoms with E-state index < -0.39 is 0 Å². The van der Waals surface area contributed by atoms with Crippen molar-refractivity contribution in [3.05, 3.63) is 35.6 Å².